The van der Waals surface area contributed by atoms with Gasteiger partial charge in [0.2, 0.25) is 0 Å². The molecular formula is C10H21NO3. The lowest BCUT2D eigenvalue weighted by atomic mass is 9.94. The third kappa shape index (κ3) is 4.07. The molecule has 4 heteroatoms. The van der Waals surface area contributed by atoms with Crippen LogP contribution >= 0.6 is 0 Å². The molecule has 0 aromatic rings. The first-order valence-electron chi connectivity index (χ1n) is 4.97. The molecule has 0 spiro atoms. The Balaban J connectivity index is 4.31. The smallest absolute Gasteiger partial charge is 0.323 e. The second-order valence-electron chi connectivity index (χ2n) is 3.81. The molecule has 0 aliphatic heterocycles. The number of carbonyl (C=O) groups is 1. The van der Waals surface area contributed by atoms with Crippen LogP contribution in [-0.2, 0) is 9.53 Å². The van der Waals surface area contributed by atoms with Crippen molar-refractivity contribution < 1.29 is 14.6 Å². The van der Waals surface area contributed by atoms with E-state index in [-0.39, 0.29) is 6.10 Å². The van der Waals surface area contributed by atoms with Crippen LogP contribution in [0.2, 0.25) is 0 Å². The molecule has 0 radical (unpaired) electrons. The highest BCUT2D eigenvalue weighted by atomic mass is 16.5. The minimum Gasteiger partial charge on any atom is -0.480 e. The summed E-state index contributed by atoms with van der Waals surface area (Å²) in [6.07, 6.45) is 1.34. The van der Waals surface area contributed by atoms with Crippen molar-refractivity contribution in [1.29, 1.82) is 0 Å². The van der Waals surface area contributed by atoms with Gasteiger partial charge in [0.05, 0.1) is 6.10 Å². The van der Waals surface area contributed by atoms with E-state index < -0.39 is 11.5 Å². The number of rotatable bonds is 7. The fourth-order valence-corrected chi connectivity index (χ4v) is 1.29. The Kier molecular flexibility index (Phi) is 5.72. The summed E-state index contributed by atoms with van der Waals surface area (Å²) in [5.74, 6) is -0.824. The highest BCUT2D eigenvalue weighted by molar-refractivity contribution is 5.78. The normalized spacial score (nSPS) is 17.4. The summed E-state index contributed by atoms with van der Waals surface area (Å²) in [5.41, 5.74) is -0.883. The number of aliphatic carboxylic acids is 1. The quantitative estimate of drug-likeness (QED) is 0.654. The molecule has 0 aromatic heterocycles. The van der Waals surface area contributed by atoms with E-state index in [4.69, 9.17) is 9.84 Å². The summed E-state index contributed by atoms with van der Waals surface area (Å²) < 4.78 is 5.07. The van der Waals surface area contributed by atoms with Crippen LogP contribution in [0.1, 0.15) is 33.6 Å². The van der Waals surface area contributed by atoms with Crippen LogP contribution in [0.5, 0.6) is 0 Å². The lowest BCUT2D eigenvalue weighted by Gasteiger charge is -2.28. The lowest BCUT2D eigenvalue weighted by Crippen LogP contribution is -2.51. The van der Waals surface area contributed by atoms with Crippen molar-refractivity contribution in [2.24, 2.45) is 0 Å². The van der Waals surface area contributed by atoms with Crippen LogP contribution in [0.15, 0.2) is 0 Å². The highest BCUT2D eigenvalue weighted by Gasteiger charge is 2.33. The van der Waals surface area contributed by atoms with Gasteiger partial charge in [-0.3, -0.25) is 4.79 Å². The van der Waals surface area contributed by atoms with Crippen LogP contribution in [0.4, 0.5) is 0 Å². The molecule has 2 N–H and O–H groups in total. The van der Waals surface area contributed by atoms with Crippen LogP contribution in [0, 0.1) is 0 Å². The monoisotopic (exact) mass is 203 g/mol. The fraction of sp³-hybridized carbons (Fsp3) is 0.900. The predicted octanol–water partition coefficient (Wildman–Crippen LogP) is 1.25. The van der Waals surface area contributed by atoms with E-state index in [9.17, 15) is 4.79 Å². The summed E-state index contributed by atoms with van der Waals surface area (Å²) in [6.45, 7) is 6.28. The minimum atomic E-state index is -0.883. The number of nitrogens with one attached hydrogen (secondary N) is 1. The molecule has 0 saturated heterocycles. The van der Waals surface area contributed by atoms with Crippen LogP contribution < -0.4 is 5.32 Å². The second kappa shape index (κ2) is 5.98. The molecule has 2 unspecified atom stereocenters. The number of carboxylic acids is 1. The molecule has 4 nitrogen and oxygen atoms in total. The van der Waals surface area contributed by atoms with Crippen molar-refractivity contribution in [2.75, 3.05) is 13.7 Å². The van der Waals surface area contributed by atoms with E-state index in [0.717, 1.165) is 6.42 Å². The lowest BCUT2D eigenvalue weighted by molar-refractivity contribution is -0.145. The first-order chi connectivity index (χ1) is 6.46. The Hall–Kier alpha value is -0.610. The third-order valence-corrected chi connectivity index (χ3v) is 2.34. The van der Waals surface area contributed by atoms with Crippen molar-refractivity contribution in [2.45, 2.75) is 45.3 Å². The topological polar surface area (TPSA) is 58.6 Å². The molecule has 84 valence electrons. The number of hydrogen-bond donors (Lipinski definition) is 2. The van der Waals surface area contributed by atoms with Crippen LogP contribution in [-0.4, -0.2) is 36.4 Å². The van der Waals surface area contributed by atoms with Crippen molar-refractivity contribution >= 4 is 5.97 Å². The zero-order chi connectivity index (χ0) is 11.2. The highest BCUT2D eigenvalue weighted by Crippen LogP contribution is 2.14. The number of hydrogen-bond acceptors (Lipinski definition) is 3. The van der Waals surface area contributed by atoms with E-state index in [1.54, 1.807) is 14.0 Å². The van der Waals surface area contributed by atoms with Gasteiger partial charge < -0.3 is 15.2 Å². The third-order valence-electron chi connectivity index (χ3n) is 2.34. The molecule has 0 heterocycles. The van der Waals surface area contributed by atoms with Crippen molar-refractivity contribution in [3.8, 4) is 0 Å². The van der Waals surface area contributed by atoms with Crippen LogP contribution in [0.3, 0.4) is 0 Å². The molecule has 0 bridgehead atoms. The maximum atomic E-state index is 11.1. The summed E-state index contributed by atoms with van der Waals surface area (Å²) in [7, 11) is 1.59. The Morgan fingerprint density at radius 1 is 1.64 bits per heavy atom. The summed E-state index contributed by atoms with van der Waals surface area (Å²) >= 11 is 0. The van der Waals surface area contributed by atoms with Crippen molar-refractivity contribution in [3.63, 3.8) is 0 Å². The van der Waals surface area contributed by atoms with Gasteiger partial charge in [-0.15, -0.1) is 0 Å². The number of methoxy groups -OCH3 is 1. The molecular weight excluding hydrogens is 182 g/mol. The molecule has 0 saturated carbocycles. The fourth-order valence-electron chi connectivity index (χ4n) is 1.29. The van der Waals surface area contributed by atoms with Crippen molar-refractivity contribution in [1.82, 2.24) is 5.32 Å². The Labute approximate surface area is 85.6 Å². The van der Waals surface area contributed by atoms with E-state index in [1.807, 2.05) is 13.8 Å². The SMILES string of the molecule is CCCNC(C)(CC(C)OC)C(=O)O. The average molecular weight is 203 g/mol. The van der Waals surface area contributed by atoms with Gasteiger partial charge in [-0.25, -0.2) is 0 Å². The van der Waals surface area contributed by atoms with Crippen molar-refractivity contribution in [3.05, 3.63) is 0 Å². The zero-order valence-electron chi connectivity index (χ0n) is 9.46. The molecule has 14 heavy (non-hydrogen) atoms. The number of carboxylic acid groups (broad SMARTS) is 1. The molecule has 0 aromatic carbocycles. The maximum absolute atomic E-state index is 11.1. The summed E-state index contributed by atoms with van der Waals surface area (Å²) in [4.78, 5) is 11.1. The second-order valence-corrected chi connectivity index (χ2v) is 3.81. The van der Waals surface area contributed by atoms with E-state index in [1.165, 1.54) is 0 Å². The summed E-state index contributed by atoms with van der Waals surface area (Å²) in [5, 5.41) is 12.1. The average Bonchev–Trinajstić information content (AvgIpc) is 2.14. The molecule has 2 atom stereocenters. The molecule has 0 amide bonds. The Morgan fingerprint density at radius 2 is 2.21 bits per heavy atom. The van der Waals surface area contributed by atoms with E-state index in [0.29, 0.717) is 13.0 Å². The molecule has 0 aliphatic carbocycles. The zero-order valence-corrected chi connectivity index (χ0v) is 9.46. The van der Waals surface area contributed by atoms with Gasteiger partial charge in [0.15, 0.2) is 0 Å². The van der Waals surface area contributed by atoms with Gasteiger partial charge >= 0.3 is 5.97 Å². The Morgan fingerprint density at radius 3 is 2.57 bits per heavy atom. The minimum absolute atomic E-state index is 0.0551. The van der Waals surface area contributed by atoms with Gasteiger partial charge in [-0.2, -0.15) is 0 Å². The largest absolute Gasteiger partial charge is 0.480 e. The Bertz CT molecular complexity index is 184. The molecule has 0 aliphatic rings. The molecule has 0 rings (SSSR count). The van der Waals surface area contributed by atoms with Crippen LogP contribution in [0.25, 0.3) is 0 Å². The van der Waals surface area contributed by atoms with Gasteiger partial charge in [0.25, 0.3) is 0 Å². The van der Waals surface area contributed by atoms with Gasteiger partial charge in [-0.1, -0.05) is 6.92 Å². The van der Waals surface area contributed by atoms with Gasteiger partial charge in [0, 0.05) is 13.5 Å². The predicted molar refractivity (Wildman–Crippen MR) is 55.4 cm³/mol. The van der Waals surface area contributed by atoms with E-state index in [2.05, 4.69) is 5.32 Å². The standard InChI is InChI=1S/C10H21NO3/c1-5-6-11-10(3,9(12)13)7-8(2)14-4/h8,11H,5-7H2,1-4H3,(H,12,13). The first kappa shape index (κ1) is 13.4. The number of ether oxygens (including phenoxy) is 1. The van der Waals surface area contributed by atoms with Gasteiger partial charge in [0.1, 0.15) is 5.54 Å². The van der Waals surface area contributed by atoms with E-state index >= 15 is 0 Å². The first-order valence-corrected chi connectivity index (χ1v) is 4.97. The maximum Gasteiger partial charge on any atom is 0.323 e. The van der Waals surface area contributed by atoms with Gasteiger partial charge in [-0.05, 0) is 26.8 Å². The molecule has 0 fully saturated rings. The summed E-state index contributed by atoms with van der Waals surface area (Å²) in [6, 6.07) is 0.